The molecule has 0 bridgehead atoms. The van der Waals surface area contributed by atoms with Gasteiger partial charge in [-0.3, -0.25) is 4.79 Å². The highest BCUT2D eigenvalue weighted by atomic mass is 16.7. The third-order valence-electron chi connectivity index (χ3n) is 4.00. The van der Waals surface area contributed by atoms with Crippen LogP contribution in [0.5, 0.6) is 5.75 Å². The fourth-order valence-corrected chi connectivity index (χ4v) is 2.56. The van der Waals surface area contributed by atoms with E-state index in [9.17, 15) is 4.79 Å². The molecule has 0 saturated heterocycles. The first-order valence-electron chi connectivity index (χ1n) is 8.12. The summed E-state index contributed by atoms with van der Waals surface area (Å²) in [6.07, 6.45) is 3.11. The molecule has 0 unspecified atom stereocenters. The zero-order valence-corrected chi connectivity index (χ0v) is 13.9. The Bertz CT molecular complexity index is 729. The smallest absolute Gasteiger partial charge is 0.189 e. The third kappa shape index (κ3) is 3.54. The largest absolute Gasteiger partial charge is 0.467 e. The molecule has 0 aliphatic heterocycles. The Morgan fingerprint density at radius 1 is 1.29 bits per heavy atom. The maximum absolute atomic E-state index is 11.1. The number of carbonyl (C=O) groups is 1. The number of carbonyl (C=O) groups excluding carboxylic acids is 1. The van der Waals surface area contributed by atoms with E-state index in [1.807, 2.05) is 26.1 Å². The van der Waals surface area contributed by atoms with E-state index in [0.29, 0.717) is 23.8 Å². The summed E-state index contributed by atoms with van der Waals surface area (Å²) in [4.78, 5) is 11.1. The lowest BCUT2D eigenvalue weighted by Gasteiger charge is -2.14. The minimum atomic E-state index is 0.132. The van der Waals surface area contributed by atoms with E-state index < -0.39 is 0 Å². The Morgan fingerprint density at radius 3 is 2.79 bits per heavy atom. The van der Waals surface area contributed by atoms with Crippen LogP contribution in [0.3, 0.4) is 0 Å². The standard InChI is InChI=1S/C18H21N3O3/c1-3-23-11-24-16-8-12(10-22)4-7-14(16)18-15(13-5-6-13)9-17(19-2)20-21-18/h4,7-10,13H,3,5-6,11H2,1-2H3,(H,19,20). The van der Waals surface area contributed by atoms with Crippen molar-refractivity contribution in [1.82, 2.24) is 10.2 Å². The van der Waals surface area contributed by atoms with Gasteiger partial charge in [0.05, 0.1) is 0 Å². The number of aldehydes is 1. The van der Waals surface area contributed by atoms with Gasteiger partial charge in [-0.05, 0) is 49.4 Å². The summed E-state index contributed by atoms with van der Waals surface area (Å²) in [5, 5.41) is 11.6. The number of ether oxygens (including phenoxy) is 2. The molecule has 1 fully saturated rings. The second-order valence-electron chi connectivity index (χ2n) is 5.69. The van der Waals surface area contributed by atoms with Gasteiger partial charge in [0.15, 0.2) is 6.79 Å². The summed E-state index contributed by atoms with van der Waals surface area (Å²) < 4.78 is 11.0. The van der Waals surface area contributed by atoms with Gasteiger partial charge >= 0.3 is 0 Å². The highest BCUT2D eigenvalue weighted by Crippen LogP contribution is 2.45. The van der Waals surface area contributed by atoms with Gasteiger partial charge in [0, 0.05) is 24.8 Å². The molecule has 2 aromatic rings. The number of hydrogen-bond donors (Lipinski definition) is 1. The Kier molecular flexibility index (Phi) is 5.05. The lowest BCUT2D eigenvalue weighted by atomic mass is 10.0. The molecule has 1 heterocycles. The molecule has 6 heteroatoms. The zero-order chi connectivity index (χ0) is 16.9. The Labute approximate surface area is 141 Å². The lowest BCUT2D eigenvalue weighted by molar-refractivity contribution is 0.0227. The van der Waals surface area contributed by atoms with Gasteiger partial charge in [0.1, 0.15) is 23.5 Å². The van der Waals surface area contributed by atoms with Crippen LogP contribution in [-0.4, -0.2) is 36.9 Å². The number of nitrogens with one attached hydrogen (secondary N) is 1. The van der Waals surface area contributed by atoms with E-state index in [4.69, 9.17) is 9.47 Å². The quantitative estimate of drug-likeness (QED) is 0.456. The molecule has 126 valence electrons. The van der Waals surface area contributed by atoms with Crippen LogP contribution >= 0.6 is 0 Å². The van der Waals surface area contributed by atoms with Crippen molar-refractivity contribution in [2.45, 2.75) is 25.7 Å². The van der Waals surface area contributed by atoms with Crippen molar-refractivity contribution < 1.29 is 14.3 Å². The predicted octanol–water partition coefficient (Wildman–Crippen LogP) is 3.25. The average Bonchev–Trinajstić information content (AvgIpc) is 3.46. The van der Waals surface area contributed by atoms with Crippen molar-refractivity contribution in [3.8, 4) is 17.0 Å². The lowest BCUT2D eigenvalue weighted by Crippen LogP contribution is -2.05. The van der Waals surface area contributed by atoms with Crippen molar-refractivity contribution in [2.75, 3.05) is 25.8 Å². The molecule has 24 heavy (non-hydrogen) atoms. The van der Waals surface area contributed by atoms with Gasteiger partial charge in [-0.25, -0.2) is 0 Å². The summed E-state index contributed by atoms with van der Waals surface area (Å²) in [6, 6.07) is 7.38. The number of benzene rings is 1. The zero-order valence-electron chi connectivity index (χ0n) is 13.9. The van der Waals surface area contributed by atoms with E-state index in [-0.39, 0.29) is 6.79 Å². The average molecular weight is 327 g/mol. The van der Waals surface area contributed by atoms with Crippen LogP contribution < -0.4 is 10.1 Å². The molecule has 0 spiro atoms. The SMILES string of the molecule is CCOCOc1cc(C=O)ccc1-c1nnc(NC)cc1C1CC1. The van der Waals surface area contributed by atoms with E-state index in [1.54, 1.807) is 12.1 Å². The molecule has 1 saturated carbocycles. The monoisotopic (exact) mass is 327 g/mol. The molecular weight excluding hydrogens is 306 g/mol. The summed E-state index contributed by atoms with van der Waals surface area (Å²) in [7, 11) is 1.83. The minimum absolute atomic E-state index is 0.132. The van der Waals surface area contributed by atoms with Crippen molar-refractivity contribution in [3.63, 3.8) is 0 Å². The van der Waals surface area contributed by atoms with Crippen LogP contribution in [0.4, 0.5) is 5.82 Å². The number of rotatable bonds is 8. The van der Waals surface area contributed by atoms with Crippen molar-refractivity contribution >= 4 is 12.1 Å². The Balaban J connectivity index is 2.02. The first kappa shape index (κ1) is 16.4. The third-order valence-corrected chi connectivity index (χ3v) is 4.00. The Hall–Kier alpha value is -2.47. The van der Waals surface area contributed by atoms with E-state index in [0.717, 1.165) is 41.8 Å². The molecule has 1 aliphatic rings. The molecule has 0 amide bonds. The van der Waals surface area contributed by atoms with Crippen molar-refractivity contribution in [2.24, 2.45) is 0 Å². The van der Waals surface area contributed by atoms with Crippen LogP contribution in [0, 0.1) is 0 Å². The predicted molar refractivity (Wildman–Crippen MR) is 91.5 cm³/mol. The molecule has 1 aromatic carbocycles. The molecule has 0 atom stereocenters. The van der Waals surface area contributed by atoms with E-state index >= 15 is 0 Å². The van der Waals surface area contributed by atoms with Gasteiger partial charge < -0.3 is 14.8 Å². The molecule has 3 rings (SSSR count). The molecule has 1 N–H and O–H groups in total. The van der Waals surface area contributed by atoms with E-state index in [2.05, 4.69) is 15.5 Å². The summed E-state index contributed by atoms with van der Waals surface area (Å²) >= 11 is 0. The van der Waals surface area contributed by atoms with Crippen LogP contribution in [0.2, 0.25) is 0 Å². The highest BCUT2D eigenvalue weighted by molar-refractivity contribution is 5.80. The topological polar surface area (TPSA) is 73.3 Å². The first-order valence-corrected chi connectivity index (χ1v) is 8.12. The summed E-state index contributed by atoms with van der Waals surface area (Å²) in [5.74, 6) is 1.84. The number of hydrogen-bond acceptors (Lipinski definition) is 6. The number of aromatic nitrogens is 2. The molecular formula is C18H21N3O3. The molecule has 1 aromatic heterocycles. The summed E-state index contributed by atoms with van der Waals surface area (Å²) in [6.45, 7) is 2.60. The van der Waals surface area contributed by atoms with Crippen LogP contribution in [0.1, 0.15) is 41.6 Å². The van der Waals surface area contributed by atoms with Gasteiger partial charge in [-0.2, -0.15) is 0 Å². The normalized spacial score (nSPS) is 13.6. The van der Waals surface area contributed by atoms with Crippen LogP contribution in [0.25, 0.3) is 11.3 Å². The van der Waals surface area contributed by atoms with Gasteiger partial charge in [-0.15, -0.1) is 10.2 Å². The van der Waals surface area contributed by atoms with E-state index in [1.165, 1.54) is 0 Å². The summed E-state index contributed by atoms with van der Waals surface area (Å²) in [5.41, 5.74) is 3.35. The second kappa shape index (κ2) is 7.40. The van der Waals surface area contributed by atoms with Crippen LogP contribution in [0.15, 0.2) is 24.3 Å². The number of anilines is 1. The van der Waals surface area contributed by atoms with Gasteiger partial charge in [0.25, 0.3) is 0 Å². The van der Waals surface area contributed by atoms with Gasteiger partial charge in [-0.1, -0.05) is 6.07 Å². The maximum atomic E-state index is 11.1. The number of nitrogens with zero attached hydrogens (tertiary/aromatic N) is 2. The second-order valence-corrected chi connectivity index (χ2v) is 5.69. The van der Waals surface area contributed by atoms with Crippen molar-refractivity contribution in [1.29, 1.82) is 0 Å². The minimum Gasteiger partial charge on any atom is -0.467 e. The van der Waals surface area contributed by atoms with Gasteiger partial charge in [0.2, 0.25) is 0 Å². The fraction of sp³-hybridized carbons (Fsp3) is 0.389. The van der Waals surface area contributed by atoms with Crippen LogP contribution in [-0.2, 0) is 4.74 Å². The molecule has 1 aliphatic carbocycles. The molecule has 6 nitrogen and oxygen atoms in total. The van der Waals surface area contributed by atoms with Crippen molar-refractivity contribution in [3.05, 3.63) is 35.4 Å². The fourth-order valence-electron chi connectivity index (χ4n) is 2.56. The Morgan fingerprint density at radius 2 is 2.12 bits per heavy atom. The highest BCUT2D eigenvalue weighted by Gasteiger charge is 2.29. The molecule has 0 radical (unpaired) electrons. The maximum Gasteiger partial charge on any atom is 0.189 e. The first-order chi connectivity index (χ1) is 11.8.